The molecule has 1 saturated carbocycles. The van der Waals surface area contributed by atoms with Crippen LogP contribution in [-0.4, -0.2) is 28.9 Å². The Morgan fingerprint density at radius 2 is 2.47 bits per heavy atom. The molecule has 82 valence electrons. The molecule has 0 amide bonds. The molecule has 1 saturated heterocycles. The van der Waals surface area contributed by atoms with Crippen LogP contribution in [0.4, 0.5) is 0 Å². The largest absolute Gasteiger partial charge is 0.455 e. The van der Waals surface area contributed by atoms with Crippen LogP contribution < -0.4 is 0 Å². The number of esters is 2. The van der Waals surface area contributed by atoms with Gasteiger partial charge in [0.05, 0.1) is 5.92 Å². The number of ether oxygens (including phenoxy) is 2. The van der Waals surface area contributed by atoms with Gasteiger partial charge in [-0.3, -0.25) is 4.79 Å². The molecule has 3 atom stereocenters. The van der Waals surface area contributed by atoms with E-state index < -0.39 is 17.9 Å². The molecule has 5 heteroatoms. The lowest BCUT2D eigenvalue weighted by Gasteiger charge is -2.33. The van der Waals surface area contributed by atoms with Gasteiger partial charge in [0.15, 0.2) is 6.10 Å². The molecule has 1 aliphatic carbocycles. The van der Waals surface area contributed by atoms with Gasteiger partial charge in [-0.25, -0.2) is 4.79 Å². The first-order chi connectivity index (χ1) is 7.05. The van der Waals surface area contributed by atoms with Crippen LogP contribution in [0.2, 0.25) is 0 Å². The first kappa shape index (κ1) is 10.2. The summed E-state index contributed by atoms with van der Waals surface area (Å²) in [5, 5.41) is 10.0. The van der Waals surface area contributed by atoms with Gasteiger partial charge in [0.1, 0.15) is 0 Å². The van der Waals surface area contributed by atoms with Crippen molar-refractivity contribution >= 4 is 11.9 Å². The lowest BCUT2D eigenvalue weighted by atomic mass is 9.85. The molecule has 3 unspecified atom stereocenters. The van der Waals surface area contributed by atoms with Crippen molar-refractivity contribution < 1.29 is 24.2 Å². The molecule has 5 nitrogen and oxygen atoms in total. The van der Waals surface area contributed by atoms with Crippen LogP contribution in [0.3, 0.4) is 0 Å². The molecule has 1 N–H and O–H groups in total. The second-order valence-corrected chi connectivity index (χ2v) is 3.87. The van der Waals surface area contributed by atoms with Crippen LogP contribution >= 0.6 is 0 Å². The van der Waals surface area contributed by atoms with E-state index in [0.29, 0.717) is 12.8 Å². The lowest BCUT2D eigenvalue weighted by molar-refractivity contribution is -0.249. The van der Waals surface area contributed by atoms with E-state index in [1.807, 2.05) is 0 Å². The average Bonchev–Trinajstić information content (AvgIpc) is 2.52. The summed E-state index contributed by atoms with van der Waals surface area (Å²) < 4.78 is 9.77. The Kier molecular flexibility index (Phi) is 2.26. The molecule has 0 spiro atoms. The summed E-state index contributed by atoms with van der Waals surface area (Å²) in [6.07, 6.45) is 1.37. The summed E-state index contributed by atoms with van der Waals surface area (Å²) >= 11 is 0. The Bertz CT molecular complexity index is 324. The zero-order chi connectivity index (χ0) is 11.1. The monoisotopic (exact) mass is 212 g/mol. The third-order valence-corrected chi connectivity index (χ3v) is 2.89. The van der Waals surface area contributed by atoms with Gasteiger partial charge in [0.25, 0.3) is 0 Å². The van der Waals surface area contributed by atoms with E-state index in [0.717, 1.165) is 6.08 Å². The van der Waals surface area contributed by atoms with Gasteiger partial charge in [-0.15, -0.1) is 0 Å². The summed E-state index contributed by atoms with van der Waals surface area (Å²) in [4.78, 5) is 22.2. The number of rotatable bonds is 2. The Hall–Kier alpha value is -1.36. The average molecular weight is 212 g/mol. The molecule has 1 heterocycles. The minimum atomic E-state index is -1.67. The van der Waals surface area contributed by atoms with Crippen molar-refractivity contribution in [3.05, 3.63) is 12.7 Å². The Labute approximate surface area is 86.7 Å². The summed E-state index contributed by atoms with van der Waals surface area (Å²) in [6, 6.07) is 0. The molecule has 0 aromatic heterocycles. The van der Waals surface area contributed by atoms with Gasteiger partial charge in [-0.1, -0.05) is 6.58 Å². The fourth-order valence-corrected chi connectivity index (χ4v) is 2.03. The maximum Gasteiger partial charge on any atom is 0.332 e. The Morgan fingerprint density at radius 3 is 3.13 bits per heavy atom. The maximum absolute atomic E-state index is 11.2. The fraction of sp³-hybridized carbons (Fsp3) is 0.600. The van der Waals surface area contributed by atoms with E-state index in [4.69, 9.17) is 9.47 Å². The van der Waals surface area contributed by atoms with Crippen LogP contribution in [0.25, 0.3) is 0 Å². The molecule has 0 aromatic carbocycles. The number of aliphatic hydroxyl groups is 1. The molecule has 2 fully saturated rings. The molecule has 15 heavy (non-hydrogen) atoms. The molecule has 1 aliphatic heterocycles. The van der Waals surface area contributed by atoms with E-state index >= 15 is 0 Å². The minimum absolute atomic E-state index is 0.155. The van der Waals surface area contributed by atoms with Crippen molar-refractivity contribution in [2.45, 2.75) is 31.2 Å². The van der Waals surface area contributed by atoms with E-state index in [2.05, 4.69) is 6.58 Å². The Morgan fingerprint density at radius 1 is 1.73 bits per heavy atom. The molecular formula is C10H12O5. The highest BCUT2D eigenvalue weighted by Gasteiger charge is 2.54. The van der Waals surface area contributed by atoms with Crippen molar-refractivity contribution in [2.75, 3.05) is 0 Å². The minimum Gasteiger partial charge on any atom is -0.455 e. The van der Waals surface area contributed by atoms with Gasteiger partial charge in [0, 0.05) is 18.9 Å². The number of carbonyl (C=O) groups excluding carboxylic acids is 2. The fourth-order valence-electron chi connectivity index (χ4n) is 2.03. The summed E-state index contributed by atoms with van der Waals surface area (Å²) in [7, 11) is 0. The van der Waals surface area contributed by atoms with Gasteiger partial charge in [0.2, 0.25) is 5.79 Å². The van der Waals surface area contributed by atoms with E-state index in [9.17, 15) is 14.7 Å². The van der Waals surface area contributed by atoms with Crippen LogP contribution in [0.1, 0.15) is 19.3 Å². The number of hydrogen-bond donors (Lipinski definition) is 1. The number of hydrogen-bond acceptors (Lipinski definition) is 5. The van der Waals surface area contributed by atoms with Crippen molar-refractivity contribution in [3.8, 4) is 0 Å². The van der Waals surface area contributed by atoms with Crippen molar-refractivity contribution in [1.29, 1.82) is 0 Å². The molecule has 2 bridgehead atoms. The quantitative estimate of drug-likeness (QED) is 0.400. The Balaban J connectivity index is 2.12. The standard InChI is InChI=1S/C10H12O5/c1-2-8(11)15-10(13)4-3-6-5-7(10)14-9(6)12/h2,6-7,13H,1,3-5H2. The zero-order valence-electron chi connectivity index (χ0n) is 8.14. The van der Waals surface area contributed by atoms with Crippen LogP contribution in [0.15, 0.2) is 12.7 Å². The zero-order valence-corrected chi connectivity index (χ0v) is 8.14. The second-order valence-electron chi connectivity index (χ2n) is 3.87. The second kappa shape index (κ2) is 3.34. The first-order valence-electron chi connectivity index (χ1n) is 4.83. The van der Waals surface area contributed by atoms with Gasteiger partial charge in [-0.05, 0) is 6.42 Å². The van der Waals surface area contributed by atoms with E-state index in [1.165, 1.54) is 0 Å². The predicted octanol–water partition coefficient (Wildman–Crippen LogP) is 0.130. The first-order valence-corrected chi connectivity index (χ1v) is 4.83. The van der Waals surface area contributed by atoms with E-state index in [-0.39, 0.29) is 18.3 Å². The maximum atomic E-state index is 11.2. The third-order valence-electron chi connectivity index (χ3n) is 2.89. The normalized spacial score (nSPS) is 38.3. The molecule has 0 radical (unpaired) electrons. The summed E-state index contributed by atoms with van der Waals surface area (Å²) in [6.45, 7) is 3.24. The summed E-state index contributed by atoms with van der Waals surface area (Å²) in [5.74, 6) is -2.85. The lowest BCUT2D eigenvalue weighted by Crippen LogP contribution is -2.47. The summed E-state index contributed by atoms with van der Waals surface area (Å²) in [5.41, 5.74) is 0. The highest BCUT2D eigenvalue weighted by atomic mass is 16.7. The van der Waals surface area contributed by atoms with Gasteiger partial charge >= 0.3 is 11.9 Å². The van der Waals surface area contributed by atoms with Gasteiger partial charge in [-0.2, -0.15) is 0 Å². The third kappa shape index (κ3) is 1.63. The van der Waals surface area contributed by atoms with Crippen LogP contribution in [0.5, 0.6) is 0 Å². The number of fused-ring (bicyclic) bond motifs is 2. The topological polar surface area (TPSA) is 72.8 Å². The van der Waals surface area contributed by atoms with Crippen molar-refractivity contribution in [2.24, 2.45) is 5.92 Å². The molecule has 2 rings (SSSR count). The van der Waals surface area contributed by atoms with Gasteiger partial charge < -0.3 is 14.6 Å². The SMILES string of the molecule is C=CC(=O)OC1(O)CCC2CC1OC2=O. The van der Waals surface area contributed by atoms with Crippen molar-refractivity contribution in [1.82, 2.24) is 0 Å². The van der Waals surface area contributed by atoms with Crippen LogP contribution in [-0.2, 0) is 19.1 Å². The number of carbonyl (C=O) groups is 2. The molecule has 2 aliphatic rings. The molecular weight excluding hydrogens is 200 g/mol. The highest BCUT2D eigenvalue weighted by molar-refractivity contribution is 5.82. The highest BCUT2D eigenvalue weighted by Crippen LogP contribution is 2.41. The van der Waals surface area contributed by atoms with Crippen LogP contribution in [0, 0.1) is 5.92 Å². The smallest absolute Gasteiger partial charge is 0.332 e. The van der Waals surface area contributed by atoms with E-state index in [1.54, 1.807) is 0 Å². The van der Waals surface area contributed by atoms with Crippen molar-refractivity contribution in [3.63, 3.8) is 0 Å². The molecule has 0 aromatic rings. The predicted molar refractivity (Wildman–Crippen MR) is 48.5 cm³/mol.